The predicted molar refractivity (Wildman–Crippen MR) is 61.6 cm³/mol. The molecule has 80 valence electrons. The van der Waals surface area contributed by atoms with Gasteiger partial charge < -0.3 is 10.4 Å². The molecule has 0 spiro atoms. The number of aromatic nitrogens is 1. The summed E-state index contributed by atoms with van der Waals surface area (Å²) in [6.07, 6.45) is 5.39. The molecule has 2 rings (SSSR count). The van der Waals surface area contributed by atoms with Gasteiger partial charge in [0.2, 0.25) is 6.41 Å². The van der Waals surface area contributed by atoms with E-state index in [9.17, 15) is 9.90 Å². The minimum atomic E-state index is 0.220. The minimum Gasteiger partial charge on any atom is -0.507 e. The quantitative estimate of drug-likeness (QED) is 0.764. The molecule has 0 fully saturated rings. The first-order valence-electron chi connectivity index (χ1n) is 4.75. The van der Waals surface area contributed by atoms with Crippen LogP contribution in [0.1, 0.15) is 5.69 Å². The standard InChI is InChI=1S/C12H10N2O2/c15-8-13-5-4-10-6-11-9(7-14-10)2-1-3-12(11)16/h1-8,16H,(H,13,15)/b5-4+. The van der Waals surface area contributed by atoms with Crippen LogP contribution in [0.4, 0.5) is 0 Å². The van der Waals surface area contributed by atoms with Gasteiger partial charge in [0.1, 0.15) is 5.75 Å². The zero-order valence-electron chi connectivity index (χ0n) is 8.42. The van der Waals surface area contributed by atoms with Crippen LogP contribution in [0.2, 0.25) is 0 Å². The number of amides is 1. The first-order valence-corrected chi connectivity index (χ1v) is 4.75. The minimum absolute atomic E-state index is 0.220. The summed E-state index contributed by atoms with van der Waals surface area (Å²) >= 11 is 0. The molecule has 4 heteroatoms. The fraction of sp³-hybridized carbons (Fsp3) is 0. The van der Waals surface area contributed by atoms with Gasteiger partial charge in [-0.25, -0.2) is 0 Å². The number of nitrogens with zero attached hydrogens (tertiary/aromatic N) is 1. The summed E-state index contributed by atoms with van der Waals surface area (Å²) in [5, 5.41) is 13.7. The van der Waals surface area contributed by atoms with E-state index in [0.29, 0.717) is 12.1 Å². The van der Waals surface area contributed by atoms with Gasteiger partial charge in [-0.15, -0.1) is 0 Å². The molecule has 0 aliphatic rings. The normalized spacial score (nSPS) is 10.8. The summed E-state index contributed by atoms with van der Waals surface area (Å²) in [4.78, 5) is 14.2. The number of phenolic OH excluding ortho intramolecular Hbond substituents is 1. The Bertz CT molecular complexity index is 550. The maximum atomic E-state index is 10.0. The number of benzene rings is 1. The van der Waals surface area contributed by atoms with Crippen molar-refractivity contribution in [3.63, 3.8) is 0 Å². The Morgan fingerprint density at radius 3 is 3.06 bits per heavy atom. The lowest BCUT2D eigenvalue weighted by Gasteiger charge is -2.01. The highest BCUT2D eigenvalue weighted by molar-refractivity contribution is 5.88. The van der Waals surface area contributed by atoms with Gasteiger partial charge in [0, 0.05) is 23.2 Å². The Morgan fingerprint density at radius 1 is 1.38 bits per heavy atom. The Labute approximate surface area is 92.2 Å². The first kappa shape index (κ1) is 10.2. The largest absolute Gasteiger partial charge is 0.507 e. The molecule has 16 heavy (non-hydrogen) atoms. The second kappa shape index (κ2) is 4.44. The Hall–Kier alpha value is -2.36. The molecule has 1 amide bonds. The van der Waals surface area contributed by atoms with Gasteiger partial charge in [0.05, 0.1) is 5.69 Å². The molecule has 0 saturated carbocycles. The second-order valence-electron chi connectivity index (χ2n) is 3.23. The summed E-state index contributed by atoms with van der Waals surface area (Å²) in [5.74, 6) is 0.220. The van der Waals surface area contributed by atoms with Crippen LogP contribution in [-0.2, 0) is 4.79 Å². The molecular formula is C12H10N2O2. The zero-order chi connectivity index (χ0) is 11.4. The number of fused-ring (bicyclic) bond motifs is 1. The zero-order valence-corrected chi connectivity index (χ0v) is 8.42. The Morgan fingerprint density at radius 2 is 2.25 bits per heavy atom. The highest BCUT2D eigenvalue weighted by atomic mass is 16.3. The molecule has 1 aromatic carbocycles. The lowest BCUT2D eigenvalue weighted by atomic mass is 10.1. The van der Waals surface area contributed by atoms with Crippen LogP contribution >= 0.6 is 0 Å². The van der Waals surface area contributed by atoms with E-state index < -0.39 is 0 Å². The molecule has 1 aromatic heterocycles. The number of carbonyl (C=O) groups is 1. The number of phenols is 1. The average Bonchev–Trinajstić information content (AvgIpc) is 2.30. The van der Waals surface area contributed by atoms with Gasteiger partial charge in [-0.3, -0.25) is 9.78 Å². The van der Waals surface area contributed by atoms with Crippen LogP contribution in [0.3, 0.4) is 0 Å². The van der Waals surface area contributed by atoms with Crippen molar-refractivity contribution >= 4 is 23.3 Å². The second-order valence-corrected chi connectivity index (χ2v) is 3.23. The molecular weight excluding hydrogens is 204 g/mol. The van der Waals surface area contributed by atoms with Gasteiger partial charge in [-0.1, -0.05) is 12.1 Å². The average molecular weight is 214 g/mol. The molecule has 2 aromatic rings. The van der Waals surface area contributed by atoms with Gasteiger partial charge >= 0.3 is 0 Å². The molecule has 0 radical (unpaired) electrons. The highest BCUT2D eigenvalue weighted by Gasteiger charge is 1.99. The fourth-order valence-corrected chi connectivity index (χ4v) is 1.43. The summed E-state index contributed by atoms with van der Waals surface area (Å²) < 4.78 is 0. The lowest BCUT2D eigenvalue weighted by molar-refractivity contribution is -0.108. The molecule has 0 aliphatic heterocycles. The number of pyridine rings is 1. The van der Waals surface area contributed by atoms with Crippen molar-refractivity contribution < 1.29 is 9.90 Å². The van der Waals surface area contributed by atoms with E-state index >= 15 is 0 Å². The third kappa shape index (κ3) is 2.00. The summed E-state index contributed by atoms with van der Waals surface area (Å²) in [6.45, 7) is 0. The SMILES string of the molecule is O=CN/C=C/c1cc2c(O)cccc2cn1. The van der Waals surface area contributed by atoms with Crippen LogP contribution in [0.25, 0.3) is 16.8 Å². The lowest BCUT2D eigenvalue weighted by Crippen LogP contribution is -1.98. The Kier molecular flexibility index (Phi) is 2.82. The summed E-state index contributed by atoms with van der Waals surface area (Å²) in [6, 6.07) is 7.02. The van der Waals surface area contributed by atoms with E-state index in [0.717, 1.165) is 10.8 Å². The van der Waals surface area contributed by atoms with Crippen molar-refractivity contribution in [2.24, 2.45) is 0 Å². The van der Waals surface area contributed by atoms with Gasteiger partial charge in [-0.2, -0.15) is 0 Å². The highest BCUT2D eigenvalue weighted by Crippen LogP contribution is 2.24. The molecule has 4 nitrogen and oxygen atoms in total. The number of rotatable bonds is 3. The first-order chi connectivity index (χ1) is 7.81. The third-order valence-corrected chi connectivity index (χ3v) is 2.18. The molecule has 2 N–H and O–H groups in total. The molecule has 0 saturated heterocycles. The molecule has 0 aliphatic carbocycles. The van der Waals surface area contributed by atoms with Gasteiger partial charge in [0.25, 0.3) is 0 Å². The monoisotopic (exact) mass is 214 g/mol. The van der Waals surface area contributed by atoms with Crippen molar-refractivity contribution in [2.75, 3.05) is 0 Å². The van der Waals surface area contributed by atoms with E-state index in [1.165, 1.54) is 6.20 Å². The number of aromatic hydroxyl groups is 1. The van der Waals surface area contributed by atoms with Crippen LogP contribution in [0.15, 0.2) is 36.7 Å². The number of hydrogen-bond acceptors (Lipinski definition) is 3. The fourth-order valence-electron chi connectivity index (χ4n) is 1.43. The van der Waals surface area contributed by atoms with Crippen LogP contribution in [0, 0.1) is 0 Å². The number of nitrogens with one attached hydrogen (secondary N) is 1. The Balaban J connectivity index is 2.43. The van der Waals surface area contributed by atoms with Gasteiger partial charge in [0.15, 0.2) is 0 Å². The van der Waals surface area contributed by atoms with E-state index in [2.05, 4.69) is 10.3 Å². The van der Waals surface area contributed by atoms with Crippen molar-refractivity contribution in [3.05, 3.63) is 42.4 Å². The number of carbonyl (C=O) groups excluding carboxylic acids is 1. The van der Waals surface area contributed by atoms with E-state index in [1.54, 1.807) is 30.5 Å². The molecule has 1 heterocycles. The predicted octanol–water partition coefficient (Wildman–Crippen LogP) is 1.66. The van der Waals surface area contributed by atoms with E-state index in [1.807, 2.05) is 6.07 Å². The van der Waals surface area contributed by atoms with Crippen molar-refractivity contribution in [2.45, 2.75) is 0 Å². The maximum Gasteiger partial charge on any atom is 0.211 e. The summed E-state index contributed by atoms with van der Waals surface area (Å²) in [7, 11) is 0. The third-order valence-electron chi connectivity index (χ3n) is 2.18. The smallest absolute Gasteiger partial charge is 0.211 e. The molecule has 0 unspecified atom stereocenters. The molecule has 0 bridgehead atoms. The van der Waals surface area contributed by atoms with E-state index in [4.69, 9.17) is 0 Å². The number of hydrogen-bond donors (Lipinski definition) is 2. The van der Waals surface area contributed by atoms with Crippen LogP contribution < -0.4 is 5.32 Å². The van der Waals surface area contributed by atoms with Gasteiger partial charge in [-0.05, 0) is 18.2 Å². The maximum absolute atomic E-state index is 10.0. The van der Waals surface area contributed by atoms with E-state index in [-0.39, 0.29) is 5.75 Å². The van der Waals surface area contributed by atoms with Crippen molar-refractivity contribution in [1.29, 1.82) is 0 Å². The van der Waals surface area contributed by atoms with Crippen molar-refractivity contribution in [1.82, 2.24) is 10.3 Å². The van der Waals surface area contributed by atoms with Crippen molar-refractivity contribution in [3.8, 4) is 5.75 Å². The van der Waals surface area contributed by atoms with Crippen LogP contribution in [-0.4, -0.2) is 16.5 Å². The summed E-state index contributed by atoms with van der Waals surface area (Å²) in [5.41, 5.74) is 0.670. The molecule has 0 atom stereocenters. The van der Waals surface area contributed by atoms with Crippen LogP contribution in [0.5, 0.6) is 5.75 Å². The topological polar surface area (TPSA) is 62.2 Å².